The quantitative estimate of drug-likeness (QED) is 0.662. The minimum atomic E-state index is -0.203. The van der Waals surface area contributed by atoms with Crippen molar-refractivity contribution in [2.24, 2.45) is 5.92 Å². The van der Waals surface area contributed by atoms with Crippen LogP contribution in [0.25, 0.3) is 0 Å². The van der Waals surface area contributed by atoms with Crippen molar-refractivity contribution in [1.82, 2.24) is 10.2 Å². The number of nitrogens with zero attached hydrogens (tertiary/aromatic N) is 1. The van der Waals surface area contributed by atoms with Gasteiger partial charge in [0, 0.05) is 19.6 Å². The SMILES string of the molecule is CCNCC(O)CN1CCC(CC)C1. The molecule has 2 unspecified atom stereocenters. The largest absolute Gasteiger partial charge is 0.390 e. The molecular weight excluding hydrogens is 176 g/mol. The second-order valence-corrected chi connectivity index (χ2v) is 4.28. The van der Waals surface area contributed by atoms with Crippen LogP contribution in [0.2, 0.25) is 0 Å². The second-order valence-electron chi connectivity index (χ2n) is 4.28. The molecule has 0 aromatic rings. The van der Waals surface area contributed by atoms with Gasteiger partial charge in [0.2, 0.25) is 0 Å². The lowest BCUT2D eigenvalue weighted by Gasteiger charge is -2.20. The molecule has 0 saturated carbocycles. The first-order chi connectivity index (χ1) is 6.76. The number of aliphatic hydroxyl groups excluding tert-OH is 1. The van der Waals surface area contributed by atoms with Gasteiger partial charge in [-0.1, -0.05) is 20.3 Å². The fourth-order valence-electron chi connectivity index (χ4n) is 2.09. The van der Waals surface area contributed by atoms with Crippen molar-refractivity contribution >= 4 is 0 Å². The third-order valence-electron chi connectivity index (χ3n) is 3.05. The molecule has 0 spiro atoms. The Morgan fingerprint density at radius 3 is 2.86 bits per heavy atom. The first kappa shape index (κ1) is 12.0. The first-order valence-corrected chi connectivity index (χ1v) is 5.87. The minimum absolute atomic E-state index is 0.203. The van der Waals surface area contributed by atoms with Gasteiger partial charge in [-0.25, -0.2) is 0 Å². The molecule has 1 aliphatic heterocycles. The predicted octanol–water partition coefficient (Wildman–Crippen LogP) is 0.689. The number of nitrogens with one attached hydrogen (secondary N) is 1. The molecule has 0 radical (unpaired) electrons. The van der Waals surface area contributed by atoms with Crippen LogP contribution in [0, 0.1) is 5.92 Å². The van der Waals surface area contributed by atoms with Crippen LogP contribution >= 0.6 is 0 Å². The number of rotatable bonds is 6. The van der Waals surface area contributed by atoms with Gasteiger partial charge in [-0.15, -0.1) is 0 Å². The average Bonchev–Trinajstić information content (AvgIpc) is 2.62. The highest BCUT2D eigenvalue weighted by atomic mass is 16.3. The van der Waals surface area contributed by atoms with Crippen LogP contribution in [0.4, 0.5) is 0 Å². The number of likely N-dealkylation sites (tertiary alicyclic amines) is 1. The third kappa shape index (κ3) is 3.95. The maximum absolute atomic E-state index is 9.70. The lowest BCUT2D eigenvalue weighted by Crippen LogP contribution is -2.37. The molecule has 3 heteroatoms. The van der Waals surface area contributed by atoms with Crippen molar-refractivity contribution in [1.29, 1.82) is 0 Å². The monoisotopic (exact) mass is 200 g/mol. The van der Waals surface area contributed by atoms with Gasteiger partial charge in [0.15, 0.2) is 0 Å². The summed E-state index contributed by atoms with van der Waals surface area (Å²) in [5, 5.41) is 12.9. The van der Waals surface area contributed by atoms with Crippen LogP contribution in [0.1, 0.15) is 26.7 Å². The van der Waals surface area contributed by atoms with Crippen molar-refractivity contribution in [2.45, 2.75) is 32.8 Å². The van der Waals surface area contributed by atoms with Crippen molar-refractivity contribution in [3.05, 3.63) is 0 Å². The van der Waals surface area contributed by atoms with Gasteiger partial charge < -0.3 is 15.3 Å². The molecule has 0 bridgehead atoms. The Kier molecular flexibility index (Phi) is 5.45. The standard InChI is InChI=1S/C11H24N2O/c1-3-10-5-6-13(8-10)9-11(14)7-12-4-2/h10-12,14H,3-9H2,1-2H3. The number of hydrogen-bond acceptors (Lipinski definition) is 3. The molecule has 1 saturated heterocycles. The summed E-state index contributed by atoms with van der Waals surface area (Å²) < 4.78 is 0. The summed E-state index contributed by atoms with van der Waals surface area (Å²) in [6, 6.07) is 0. The Balaban J connectivity index is 2.12. The normalized spacial score (nSPS) is 25.5. The van der Waals surface area contributed by atoms with Crippen LogP contribution in [-0.2, 0) is 0 Å². The van der Waals surface area contributed by atoms with E-state index in [9.17, 15) is 5.11 Å². The maximum atomic E-state index is 9.70. The van der Waals surface area contributed by atoms with Crippen LogP contribution < -0.4 is 5.32 Å². The topological polar surface area (TPSA) is 35.5 Å². The maximum Gasteiger partial charge on any atom is 0.0791 e. The van der Waals surface area contributed by atoms with E-state index in [2.05, 4.69) is 24.1 Å². The van der Waals surface area contributed by atoms with E-state index in [-0.39, 0.29) is 6.10 Å². The summed E-state index contributed by atoms with van der Waals surface area (Å²) in [6.45, 7) is 9.17. The predicted molar refractivity (Wildman–Crippen MR) is 59.4 cm³/mol. The number of hydrogen-bond donors (Lipinski definition) is 2. The molecular formula is C11H24N2O. The minimum Gasteiger partial charge on any atom is -0.390 e. The molecule has 2 atom stereocenters. The van der Waals surface area contributed by atoms with E-state index in [0.717, 1.165) is 25.6 Å². The zero-order valence-electron chi connectivity index (χ0n) is 9.50. The molecule has 1 aliphatic rings. The van der Waals surface area contributed by atoms with E-state index in [1.54, 1.807) is 0 Å². The Morgan fingerprint density at radius 1 is 1.50 bits per heavy atom. The van der Waals surface area contributed by atoms with Crippen LogP contribution in [0.3, 0.4) is 0 Å². The highest BCUT2D eigenvalue weighted by Gasteiger charge is 2.22. The second kappa shape index (κ2) is 6.38. The zero-order chi connectivity index (χ0) is 10.4. The molecule has 1 heterocycles. The lowest BCUT2D eigenvalue weighted by atomic mass is 10.1. The van der Waals surface area contributed by atoms with Gasteiger partial charge in [0.25, 0.3) is 0 Å². The molecule has 84 valence electrons. The van der Waals surface area contributed by atoms with Crippen molar-refractivity contribution < 1.29 is 5.11 Å². The van der Waals surface area contributed by atoms with Crippen LogP contribution in [-0.4, -0.2) is 48.8 Å². The van der Waals surface area contributed by atoms with Crippen LogP contribution in [0.15, 0.2) is 0 Å². The molecule has 3 nitrogen and oxygen atoms in total. The van der Waals surface area contributed by atoms with Gasteiger partial charge in [-0.3, -0.25) is 0 Å². The van der Waals surface area contributed by atoms with E-state index < -0.39 is 0 Å². The highest BCUT2D eigenvalue weighted by molar-refractivity contribution is 4.77. The van der Waals surface area contributed by atoms with E-state index in [1.807, 2.05) is 0 Å². The highest BCUT2D eigenvalue weighted by Crippen LogP contribution is 2.18. The summed E-state index contributed by atoms with van der Waals surface area (Å²) in [7, 11) is 0. The van der Waals surface area contributed by atoms with Crippen LogP contribution in [0.5, 0.6) is 0 Å². The number of likely N-dealkylation sites (N-methyl/N-ethyl adjacent to an activating group) is 1. The zero-order valence-corrected chi connectivity index (χ0v) is 9.50. The van der Waals surface area contributed by atoms with E-state index >= 15 is 0 Å². The van der Waals surface area contributed by atoms with Gasteiger partial charge in [0.05, 0.1) is 6.10 Å². The van der Waals surface area contributed by atoms with Crippen molar-refractivity contribution in [3.8, 4) is 0 Å². The molecule has 0 aromatic carbocycles. The summed E-state index contributed by atoms with van der Waals surface area (Å²) >= 11 is 0. The van der Waals surface area contributed by atoms with Gasteiger partial charge >= 0.3 is 0 Å². The molecule has 14 heavy (non-hydrogen) atoms. The van der Waals surface area contributed by atoms with Crippen molar-refractivity contribution in [2.75, 3.05) is 32.7 Å². The smallest absolute Gasteiger partial charge is 0.0791 e. The fraction of sp³-hybridized carbons (Fsp3) is 1.00. The van der Waals surface area contributed by atoms with Gasteiger partial charge in [-0.2, -0.15) is 0 Å². The Morgan fingerprint density at radius 2 is 2.29 bits per heavy atom. The van der Waals surface area contributed by atoms with E-state index in [0.29, 0.717) is 0 Å². The third-order valence-corrected chi connectivity index (χ3v) is 3.05. The molecule has 2 N–H and O–H groups in total. The Hall–Kier alpha value is -0.120. The molecule has 1 rings (SSSR count). The molecule has 1 fully saturated rings. The first-order valence-electron chi connectivity index (χ1n) is 5.87. The number of β-amino-alcohol motifs (C(OH)–C–C–N with tert-alkyl or cyclic N) is 1. The van der Waals surface area contributed by atoms with Crippen molar-refractivity contribution in [3.63, 3.8) is 0 Å². The summed E-state index contributed by atoms with van der Waals surface area (Å²) in [5.41, 5.74) is 0. The molecule has 0 aromatic heterocycles. The Bertz CT molecular complexity index is 152. The average molecular weight is 200 g/mol. The molecule has 0 amide bonds. The molecule has 0 aliphatic carbocycles. The summed E-state index contributed by atoms with van der Waals surface area (Å²) in [5.74, 6) is 0.862. The van der Waals surface area contributed by atoms with E-state index in [4.69, 9.17) is 0 Å². The van der Waals surface area contributed by atoms with Gasteiger partial charge in [0.1, 0.15) is 0 Å². The fourth-order valence-corrected chi connectivity index (χ4v) is 2.09. The summed E-state index contributed by atoms with van der Waals surface area (Å²) in [4.78, 5) is 2.39. The Labute approximate surface area is 87.5 Å². The van der Waals surface area contributed by atoms with Gasteiger partial charge in [-0.05, 0) is 25.4 Å². The van der Waals surface area contributed by atoms with E-state index in [1.165, 1.54) is 25.9 Å². The lowest BCUT2D eigenvalue weighted by molar-refractivity contribution is 0.122. The number of aliphatic hydroxyl groups is 1. The summed E-state index contributed by atoms with van der Waals surface area (Å²) in [6.07, 6.45) is 2.38.